The Hall–Kier alpha value is -2.17. The van der Waals surface area contributed by atoms with Crippen molar-refractivity contribution < 1.29 is 4.79 Å². The summed E-state index contributed by atoms with van der Waals surface area (Å²) in [6, 6.07) is 20.5. The van der Waals surface area contributed by atoms with E-state index >= 15 is 0 Å². The lowest BCUT2D eigenvalue weighted by Gasteiger charge is -2.33. The molecule has 0 saturated carbocycles. The number of likely N-dealkylation sites (tertiary alicyclic amines) is 1. The highest BCUT2D eigenvalue weighted by molar-refractivity contribution is 5.83. The second-order valence-electron chi connectivity index (χ2n) is 7.86. The fraction of sp³-hybridized carbons (Fsp3) is 0.458. The molecule has 4 heteroatoms. The van der Waals surface area contributed by atoms with Crippen LogP contribution in [-0.2, 0) is 11.3 Å². The molecule has 0 radical (unpaired) electrons. The summed E-state index contributed by atoms with van der Waals surface area (Å²) in [5, 5.41) is 3.24. The van der Waals surface area contributed by atoms with Crippen LogP contribution in [0.15, 0.2) is 60.7 Å². The third-order valence-corrected chi connectivity index (χ3v) is 5.72. The summed E-state index contributed by atoms with van der Waals surface area (Å²) in [4.78, 5) is 17.6. The van der Waals surface area contributed by atoms with Gasteiger partial charge >= 0.3 is 0 Å². The average Bonchev–Trinajstić information content (AvgIpc) is 2.74. The van der Waals surface area contributed by atoms with E-state index in [2.05, 4.69) is 52.4 Å². The molecule has 2 unspecified atom stereocenters. The van der Waals surface area contributed by atoms with Gasteiger partial charge in [0.2, 0.25) is 5.91 Å². The van der Waals surface area contributed by atoms with Crippen LogP contribution in [0.3, 0.4) is 0 Å². The molecule has 1 fully saturated rings. The normalized spacial score (nSPS) is 18.8. The van der Waals surface area contributed by atoms with E-state index in [1.807, 2.05) is 37.4 Å². The maximum Gasteiger partial charge on any atom is 0.241 e. The molecule has 3 rings (SSSR count). The van der Waals surface area contributed by atoms with Crippen LogP contribution in [0, 0.1) is 5.92 Å². The van der Waals surface area contributed by atoms with Gasteiger partial charge in [-0.2, -0.15) is 0 Å². The Morgan fingerprint density at radius 2 is 1.82 bits per heavy atom. The molecule has 0 aliphatic carbocycles. The highest BCUT2D eigenvalue weighted by atomic mass is 16.2. The number of likely N-dealkylation sites (N-methyl/N-ethyl adjacent to an activating group) is 1. The highest BCUT2D eigenvalue weighted by Gasteiger charge is 2.26. The standard InChI is InChI=1S/C24H33N3O/c1-3-26(2)23(22-14-8-5-9-15-22)24(28)25-17-21-13-10-16-27(19-21)18-20-11-6-4-7-12-20/h4-9,11-12,14-15,21,23H,3,10,13,16-19H2,1-2H3,(H,25,28). The van der Waals surface area contributed by atoms with Crippen LogP contribution in [0.5, 0.6) is 0 Å². The van der Waals surface area contributed by atoms with Crippen molar-refractivity contribution in [3.8, 4) is 0 Å². The van der Waals surface area contributed by atoms with Crippen LogP contribution in [0.2, 0.25) is 0 Å². The number of benzene rings is 2. The maximum atomic E-state index is 13.0. The second kappa shape index (κ2) is 10.4. The first-order valence-corrected chi connectivity index (χ1v) is 10.5. The molecule has 1 amide bonds. The van der Waals surface area contributed by atoms with Crippen LogP contribution >= 0.6 is 0 Å². The number of piperidine rings is 1. The van der Waals surface area contributed by atoms with Crippen molar-refractivity contribution in [2.24, 2.45) is 5.92 Å². The zero-order valence-electron chi connectivity index (χ0n) is 17.2. The molecule has 4 nitrogen and oxygen atoms in total. The number of carbonyl (C=O) groups is 1. The molecule has 2 aromatic rings. The summed E-state index contributed by atoms with van der Waals surface area (Å²) in [6.45, 7) is 6.87. The average molecular weight is 380 g/mol. The number of amides is 1. The van der Waals surface area contributed by atoms with Crippen molar-refractivity contribution in [2.45, 2.75) is 32.4 Å². The van der Waals surface area contributed by atoms with Gasteiger partial charge in [-0.1, -0.05) is 67.6 Å². The molecule has 1 aliphatic rings. The molecule has 150 valence electrons. The third kappa shape index (κ3) is 5.66. The van der Waals surface area contributed by atoms with Gasteiger partial charge in [0.05, 0.1) is 0 Å². The number of rotatable bonds is 8. The smallest absolute Gasteiger partial charge is 0.241 e. The lowest BCUT2D eigenvalue weighted by molar-refractivity contribution is -0.126. The van der Waals surface area contributed by atoms with Crippen LogP contribution < -0.4 is 5.32 Å². The zero-order chi connectivity index (χ0) is 19.8. The predicted molar refractivity (Wildman–Crippen MR) is 115 cm³/mol. The van der Waals surface area contributed by atoms with Crippen LogP contribution in [0.1, 0.15) is 36.9 Å². The summed E-state index contributed by atoms with van der Waals surface area (Å²) in [7, 11) is 2.01. The Morgan fingerprint density at radius 3 is 2.50 bits per heavy atom. The van der Waals surface area contributed by atoms with E-state index in [9.17, 15) is 4.79 Å². The summed E-state index contributed by atoms with van der Waals surface area (Å²) in [6.07, 6.45) is 2.38. The SMILES string of the molecule is CCN(C)C(C(=O)NCC1CCCN(Cc2ccccc2)C1)c1ccccc1. The van der Waals surface area contributed by atoms with Crippen LogP contribution in [0.4, 0.5) is 0 Å². The molecule has 0 spiro atoms. The second-order valence-corrected chi connectivity index (χ2v) is 7.86. The first kappa shape index (κ1) is 20.6. The minimum Gasteiger partial charge on any atom is -0.354 e. The van der Waals surface area contributed by atoms with Crippen molar-refractivity contribution in [3.05, 3.63) is 71.8 Å². The minimum atomic E-state index is -0.227. The lowest BCUT2D eigenvalue weighted by atomic mass is 9.97. The van der Waals surface area contributed by atoms with Gasteiger partial charge < -0.3 is 5.32 Å². The van der Waals surface area contributed by atoms with E-state index in [1.165, 1.54) is 18.4 Å². The van der Waals surface area contributed by atoms with E-state index in [0.29, 0.717) is 5.92 Å². The van der Waals surface area contributed by atoms with Crippen LogP contribution in [0.25, 0.3) is 0 Å². The van der Waals surface area contributed by atoms with E-state index in [1.54, 1.807) is 0 Å². The van der Waals surface area contributed by atoms with Crippen molar-refractivity contribution in [1.29, 1.82) is 0 Å². The van der Waals surface area contributed by atoms with Crippen LogP contribution in [-0.4, -0.2) is 48.9 Å². The van der Waals surface area contributed by atoms with Gasteiger partial charge in [-0.15, -0.1) is 0 Å². The van der Waals surface area contributed by atoms with Crippen molar-refractivity contribution in [2.75, 3.05) is 33.2 Å². The maximum absolute atomic E-state index is 13.0. The first-order chi connectivity index (χ1) is 13.7. The largest absolute Gasteiger partial charge is 0.354 e. The van der Waals surface area contributed by atoms with Crippen molar-refractivity contribution >= 4 is 5.91 Å². The van der Waals surface area contributed by atoms with E-state index in [-0.39, 0.29) is 11.9 Å². The summed E-state index contributed by atoms with van der Waals surface area (Å²) in [5.74, 6) is 0.625. The lowest BCUT2D eigenvalue weighted by Crippen LogP contribution is -2.44. The molecule has 0 aromatic heterocycles. The molecule has 2 atom stereocenters. The Kier molecular flexibility index (Phi) is 7.63. The predicted octanol–water partition coefficient (Wildman–Crippen LogP) is 3.71. The van der Waals surface area contributed by atoms with Crippen molar-refractivity contribution in [1.82, 2.24) is 15.1 Å². The zero-order valence-corrected chi connectivity index (χ0v) is 17.2. The Morgan fingerprint density at radius 1 is 1.14 bits per heavy atom. The number of nitrogens with one attached hydrogen (secondary N) is 1. The monoisotopic (exact) mass is 379 g/mol. The number of carbonyl (C=O) groups excluding carboxylic acids is 1. The third-order valence-electron chi connectivity index (χ3n) is 5.72. The Balaban J connectivity index is 1.55. The Labute approximate surface area is 169 Å². The van der Waals surface area contributed by atoms with Gasteiger partial charge in [0.1, 0.15) is 6.04 Å². The summed E-state index contributed by atoms with van der Waals surface area (Å²) < 4.78 is 0. The molecule has 1 N–H and O–H groups in total. The molecular weight excluding hydrogens is 346 g/mol. The fourth-order valence-corrected chi connectivity index (χ4v) is 4.07. The first-order valence-electron chi connectivity index (χ1n) is 10.5. The number of hydrogen-bond acceptors (Lipinski definition) is 3. The number of hydrogen-bond donors (Lipinski definition) is 1. The van der Waals surface area contributed by atoms with Gasteiger partial charge in [-0.3, -0.25) is 14.6 Å². The molecule has 1 saturated heterocycles. The van der Waals surface area contributed by atoms with Gasteiger partial charge in [0, 0.05) is 19.6 Å². The van der Waals surface area contributed by atoms with Gasteiger partial charge in [-0.05, 0) is 50.0 Å². The summed E-state index contributed by atoms with van der Waals surface area (Å²) >= 11 is 0. The van der Waals surface area contributed by atoms with Gasteiger partial charge in [-0.25, -0.2) is 0 Å². The fourth-order valence-electron chi connectivity index (χ4n) is 4.07. The topological polar surface area (TPSA) is 35.6 Å². The van der Waals surface area contributed by atoms with E-state index in [4.69, 9.17) is 0 Å². The minimum absolute atomic E-state index is 0.107. The van der Waals surface area contributed by atoms with Crippen molar-refractivity contribution in [3.63, 3.8) is 0 Å². The quantitative estimate of drug-likeness (QED) is 0.759. The molecule has 2 aromatic carbocycles. The summed E-state index contributed by atoms with van der Waals surface area (Å²) in [5.41, 5.74) is 2.42. The molecule has 1 heterocycles. The molecule has 28 heavy (non-hydrogen) atoms. The molecule has 0 bridgehead atoms. The van der Waals surface area contributed by atoms with Gasteiger partial charge in [0.15, 0.2) is 0 Å². The van der Waals surface area contributed by atoms with Gasteiger partial charge in [0.25, 0.3) is 0 Å². The molecule has 1 aliphatic heterocycles. The molecular formula is C24H33N3O. The van der Waals surface area contributed by atoms with E-state index < -0.39 is 0 Å². The van der Waals surface area contributed by atoms with E-state index in [0.717, 1.165) is 38.3 Å². The number of nitrogens with zero attached hydrogens (tertiary/aromatic N) is 2. The highest BCUT2D eigenvalue weighted by Crippen LogP contribution is 2.21. The Bertz CT molecular complexity index is 719.